The van der Waals surface area contributed by atoms with E-state index in [1.54, 1.807) is 25.3 Å². The number of nitrogen functional groups attached to an aromatic ring is 1. The Morgan fingerprint density at radius 3 is 2.73 bits per heavy atom. The Balaban J connectivity index is 2.65. The van der Waals surface area contributed by atoms with E-state index >= 15 is 0 Å². The molecule has 0 spiro atoms. The highest BCUT2D eigenvalue weighted by Crippen LogP contribution is 2.28. The highest BCUT2D eigenvalue weighted by Gasteiger charge is 2.02. The summed E-state index contributed by atoms with van der Waals surface area (Å²) < 4.78 is 10.7. The Morgan fingerprint density at radius 1 is 1.27 bits per heavy atom. The molecule has 0 saturated carbocycles. The van der Waals surface area contributed by atoms with Crippen LogP contribution in [0.2, 0.25) is 0 Å². The number of ether oxygens (including phenoxy) is 2. The van der Waals surface area contributed by atoms with Crippen molar-refractivity contribution in [1.29, 1.82) is 0 Å². The van der Waals surface area contributed by atoms with Gasteiger partial charge in [0.1, 0.15) is 6.61 Å². The minimum absolute atomic E-state index is 0.535. The van der Waals surface area contributed by atoms with Gasteiger partial charge in [-0.2, -0.15) is 0 Å². The van der Waals surface area contributed by atoms with Crippen LogP contribution >= 0.6 is 0 Å². The third kappa shape index (κ3) is 3.54. The average Bonchev–Trinajstić information content (AvgIpc) is 2.25. The molecule has 1 rings (SSSR count). The van der Waals surface area contributed by atoms with Crippen molar-refractivity contribution in [2.75, 3.05) is 19.5 Å². The first-order chi connectivity index (χ1) is 7.27. The lowest BCUT2D eigenvalue weighted by atomic mass is 10.3. The Labute approximate surface area is 90.5 Å². The van der Waals surface area contributed by atoms with Gasteiger partial charge in [0.2, 0.25) is 0 Å². The lowest BCUT2D eigenvalue weighted by Crippen LogP contribution is -1.97. The molecular weight excluding hydrogens is 190 g/mol. The van der Waals surface area contributed by atoms with Crippen molar-refractivity contribution in [3.05, 3.63) is 30.4 Å². The summed E-state index contributed by atoms with van der Waals surface area (Å²) in [6, 6.07) is 5.35. The van der Waals surface area contributed by atoms with Gasteiger partial charge >= 0.3 is 0 Å². The van der Waals surface area contributed by atoms with Crippen molar-refractivity contribution in [2.24, 2.45) is 0 Å². The predicted octanol–water partition coefficient (Wildman–Crippen LogP) is 2.62. The molecule has 0 aliphatic rings. The van der Waals surface area contributed by atoms with Crippen LogP contribution < -0.4 is 15.2 Å². The molecule has 1 aromatic carbocycles. The first-order valence-corrected chi connectivity index (χ1v) is 4.99. The molecule has 0 unspecified atom stereocenters. The monoisotopic (exact) mass is 207 g/mol. The lowest BCUT2D eigenvalue weighted by Gasteiger charge is -2.09. The van der Waals surface area contributed by atoms with Crippen LogP contribution in [0.1, 0.15) is 13.3 Å². The number of hydrogen-bond acceptors (Lipinski definition) is 3. The van der Waals surface area contributed by atoms with E-state index in [1.807, 2.05) is 6.08 Å². The van der Waals surface area contributed by atoms with E-state index in [0.717, 1.165) is 6.42 Å². The number of allylic oxidation sites excluding steroid dienone is 1. The second-order valence-electron chi connectivity index (χ2n) is 3.10. The molecular formula is C12H17NO2. The van der Waals surface area contributed by atoms with E-state index in [0.29, 0.717) is 23.8 Å². The minimum Gasteiger partial charge on any atom is -0.493 e. The Hall–Kier alpha value is -1.64. The van der Waals surface area contributed by atoms with Gasteiger partial charge in [-0.25, -0.2) is 0 Å². The van der Waals surface area contributed by atoms with Crippen molar-refractivity contribution < 1.29 is 9.47 Å². The van der Waals surface area contributed by atoms with Crippen LogP contribution in [0.5, 0.6) is 11.5 Å². The number of anilines is 1. The van der Waals surface area contributed by atoms with Gasteiger partial charge in [-0.3, -0.25) is 0 Å². The van der Waals surface area contributed by atoms with Crippen molar-refractivity contribution >= 4 is 5.69 Å². The van der Waals surface area contributed by atoms with Crippen LogP contribution in [0.25, 0.3) is 0 Å². The summed E-state index contributed by atoms with van der Waals surface area (Å²) in [5.41, 5.74) is 6.33. The number of nitrogens with two attached hydrogens (primary N) is 1. The summed E-state index contributed by atoms with van der Waals surface area (Å²) in [4.78, 5) is 0. The molecule has 0 heterocycles. The molecule has 15 heavy (non-hydrogen) atoms. The summed E-state index contributed by atoms with van der Waals surface area (Å²) in [6.45, 7) is 2.62. The quantitative estimate of drug-likeness (QED) is 0.596. The molecule has 0 saturated heterocycles. The fourth-order valence-corrected chi connectivity index (χ4v) is 1.18. The fraction of sp³-hybridized carbons (Fsp3) is 0.333. The number of hydrogen-bond donors (Lipinski definition) is 1. The first-order valence-electron chi connectivity index (χ1n) is 4.99. The zero-order valence-electron chi connectivity index (χ0n) is 9.19. The molecule has 0 radical (unpaired) electrons. The highest BCUT2D eigenvalue weighted by molar-refractivity contribution is 5.51. The van der Waals surface area contributed by atoms with E-state index in [1.165, 1.54) is 0 Å². The SMILES string of the molecule is CC/C=C\COc1cc(N)ccc1OC. The number of benzene rings is 1. The summed E-state index contributed by atoms with van der Waals surface area (Å²) in [7, 11) is 1.61. The van der Waals surface area contributed by atoms with Crippen molar-refractivity contribution in [1.82, 2.24) is 0 Å². The third-order valence-corrected chi connectivity index (χ3v) is 1.93. The van der Waals surface area contributed by atoms with Gasteiger partial charge in [0.25, 0.3) is 0 Å². The summed E-state index contributed by atoms with van der Waals surface area (Å²) in [5, 5.41) is 0. The van der Waals surface area contributed by atoms with Gasteiger partial charge in [0.05, 0.1) is 7.11 Å². The molecule has 0 aliphatic heterocycles. The minimum atomic E-state index is 0.535. The maximum Gasteiger partial charge on any atom is 0.163 e. The molecule has 0 fully saturated rings. The second-order valence-corrected chi connectivity index (χ2v) is 3.10. The van der Waals surface area contributed by atoms with Crippen LogP contribution in [-0.2, 0) is 0 Å². The summed E-state index contributed by atoms with van der Waals surface area (Å²) >= 11 is 0. The maximum absolute atomic E-state index is 5.66. The molecule has 0 aliphatic carbocycles. The molecule has 0 aromatic heterocycles. The van der Waals surface area contributed by atoms with Gasteiger partial charge in [0, 0.05) is 11.8 Å². The van der Waals surface area contributed by atoms with Crippen LogP contribution in [0.4, 0.5) is 5.69 Å². The van der Waals surface area contributed by atoms with Gasteiger partial charge in [-0.1, -0.05) is 19.1 Å². The topological polar surface area (TPSA) is 44.5 Å². The van der Waals surface area contributed by atoms with E-state index in [4.69, 9.17) is 15.2 Å². The lowest BCUT2D eigenvalue weighted by molar-refractivity contribution is 0.326. The maximum atomic E-state index is 5.66. The van der Waals surface area contributed by atoms with E-state index < -0.39 is 0 Å². The van der Waals surface area contributed by atoms with Gasteiger partial charge in [0.15, 0.2) is 11.5 Å². The normalized spacial score (nSPS) is 10.5. The second kappa shape index (κ2) is 5.96. The smallest absolute Gasteiger partial charge is 0.163 e. The van der Waals surface area contributed by atoms with E-state index in [2.05, 4.69) is 13.0 Å². The number of methoxy groups -OCH3 is 1. The van der Waals surface area contributed by atoms with Gasteiger partial charge < -0.3 is 15.2 Å². The van der Waals surface area contributed by atoms with Crippen LogP contribution in [0.15, 0.2) is 30.4 Å². The standard InChI is InChI=1S/C12H17NO2/c1-3-4-5-8-15-12-9-10(13)6-7-11(12)14-2/h4-7,9H,3,8,13H2,1-2H3/b5-4-. The van der Waals surface area contributed by atoms with E-state index in [9.17, 15) is 0 Å². The zero-order valence-corrected chi connectivity index (χ0v) is 9.19. The van der Waals surface area contributed by atoms with Crippen LogP contribution in [-0.4, -0.2) is 13.7 Å². The number of rotatable bonds is 5. The molecule has 3 nitrogen and oxygen atoms in total. The molecule has 1 aromatic rings. The largest absolute Gasteiger partial charge is 0.493 e. The van der Waals surface area contributed by atoms with Crippen LogP contribution in [0, 0.1) is 0 Å². The fourth-order valence-electron chi connectivity index (χ4n) is 1.18. The molecule has 0 bridgehead atoms. The summed E-state index contributed by atoms with van der Waals surface area (Å²) in [6.07, 6.45) is 5.04. The van der Waals surface area contributed by atoms with E-state index in [-0.39, 0.29) is 0 Å². The van der Waals surface area contributed by atoms with Gasteiger partial charge in [-0.05, 0) is 18.6 Å². The average molecular weight is 207 g/mol. The zero-order chi connectivity index (χ0) is 11.1. The predicted molar refractivity (Wildman–Crippen MR) is 62.3 cm³/mol. The van der Waals surface area contributed by atoms with Crippen LogP contribution in [0.3, 0.4) is 0 Å². The Bertz CT molecular complexity index is 334. The molecule has 3 heteroatoms. The Morgan fingerprint density at radius 2 is 2.07 bits per heavy atom. The molecule has 82 valence electrons. The van der Waals surface area contributed by atoms with Crippen molar-refractivity contribution in [2.45, 2.75) is 13.3 Å². The molecule has 0 amide bonds. The van der Waals surface area contributed by atoms with Crippen molar-refractivity contribution in [3.63, 3.8) is 0 Å². The first kappa shape index (κ1) is 11.4. The Kier molecular flexibility index (Phi) is 4.54. The van der Waals surface area contributed by atoms with Gasteiger partial charge in [-0.15, -0.1) is 0 Å². The van der Waals surface area contributed by atoms with Crippen molar-refractivity contribution in [3.8, 4) is 11.5 Å². The summed E-state index contributed by atoms with van der Waals surface area (Å²) in [5.74, 6) is 1.38. The third-order valence-electron chi connectivity index (χ3n) is 1.93. The molecule has 2 N–H and O–H groups in total. The highest BCUT2D eigenvalue weighted by atomic mass is 16.5. The molecule has 0 atom stereocenters.